The first-order chi connectivity index (χ1) is 21.5. The molecule has 1 fully saturated rings. The van der Waals surface area contributed by atoms with E-state index >= 15 is 0 Å². The molecule has 2 heterocycles. The molecule has 45 heavy (non-hydrogen) atoms. The van der Waals surface area contributed by atoms with Gasteiger partial charge in [0.25, 0.3) is 0 Å². The lowest BCUT2D eigenvalue weighted by atomic mass is 9.91. The van der Waals surface area contributed by atoms with Crippen LogP contribution in [0.3, 0.4) is 0 Å². The van der Waals surface area contributed by atoms with Gasteiger partial charge in [-0.15, -0.1) is 0 Å². The number of hydrogen-bond acceptors (Lipinski definition) is 8. The number of anilines is 2. The number of carbonyl (C=O) groups excluding carboxylic acids is 2. The van der Waals surface area contributed by atoms with E-state index in [-0.39, 0.29) is 24.4 Å². The molecule has 11 nitrogen and oxygen atoms in total. The molecule has 0 saturated heterocycles. The Labute approximate surface area is 264 Å². The highest BCUT2D eigenvalue weighted by Gasteiger charge is 2.29. The predicted molar refractivity (Wildman–Crippen MR) is 176 cm³/mol. The number of aromatic nitrogens is 4. The van der Waals surface area contributed by atoms with Crippen LogP contribution >= 0.6 is 0 Å². The van der Waals surface area contributed by atoms with Crippen LogP contribution < -0.4 is 20.9 Å². The zero-order valence-electron chi connectivity index (χ0n) is 26.8. The highest BCUT2D eigenvalue weighted by atomic mass is 16.6. The highest BCUT2D eigenvalue weighted by Crippen LogP contribution is 2.26. The normalized spacial score (nSPS) is 17.4. The summed E-state index contributed by atoms with van der Waals surface area (Å²) in [4.78, 5) is 42.3. The molecule has 3 N–H and O–H groups in total. The van der Waals surface area contributed by atoms with Crippen LogP contribution in [0.25, 0.3) is 10.9 Å². The van der Waals surface area contributed by atoms with E-state index in [1.807, 2.05) is 72.2 Å². The maximum Gasteiger partial charge on any atom is 0.408 e. The van der Waals surface area contributed by atoms with Crippen molar-refractivity contribution in [1.82, 2.24) is 30.2 Å². The second-order valence-electron chi connectivity index (χ2n) is 12.9. The summed E-state index contributed by atoms with van der Waals surface area (Å²) < 4.78 is 7.45. The summed E-state index contributed by atoms with van der Waals surface area (Å²) in [6, 6.07) is 17.5. The molecule has 0 unspecified atom stereocenters. The molecular weight excluding hydrogens is 568 g/mol. The van der Waals surface area contributed by atoms with Gasteiger partial charge in [-0.3, -0.25) is 4.79 Å². The van der Waals surface area contributed by atoms with Gasteiger partial charge in [0.1, 0.15) is 17.5 Å². The van der Waals surface area contributed by atoms with E-state index < -0.39 is 17.7 Å². The molecule has 11 heteroatoms. The third-order valence-electron chi connectivity index (χ3n) is 7.73. The van der Waals surface area contributed by atoms with E-state index in [1.54, 1.807) is 27.1 Å². The third-order valence-corrected chi connectivity index (χ3v) is 7.73. The number of ether oxygens (including phenoxy) is 1. The third kappa shape index (κ3) is 8.93. The zero-order chi connectivity index (χ0) is 32.0. The minimum Gasteiger partial charge on any atom is -0.444 e. The number of rotatable bonds is 10. The summed E-state index contributed by atoms with van der Waals surface area (Å²) in [6.45, 7) is 6.05. The van der Waals surface area contributed by atoms with Gasteiger partial charge in [0.2, 0.25) is 11.9 Å². The van der Waals surface area contributed by atoms with Crippen molar-refractivity contribution in [3.8, 4) is 0 Å². The monoisotopic (exact) mass is 612 g/mol. The minimum atomic E-state index is -0.828. The van der Waals surface area contributed by atoms with Gasteiger partial charge in [0, 0.05) is 50.7 Å². The number of nitrogens with one attached hydrogen (secondary N) is 3. The largest absolute Gasteiger partial charge is 0.444 e. The van der Waals surface area contributed by atoms with Crippen molar-refractivity contribution in [1.29, 1.82) is 0 Å². The average molecular weight is 613 g/mol. The smallest absolute Gasteiger partial charge is 0.408 e. The molecular formula is C34H44N8O3. The molecule has 5 rings (SSSR count). The second-order valence-corrected chi connectivity index (χ2v) is 12.9. The number of para-hydroxylation sites is 1. The molecule has 0 aliphatic heterocycles. The number of alkyl carbamates (subject to hydrolysis) is 1. The summed E-state index contributed by atoms with van der Waals surface area (Å²) in [5, 5.41) is 10.5. The molecule has 2 amide bonds. The molecule has 1 aliphatic rings. The van der Waals surface area contributed by atoms with Gasteiger partial charge in [-0.2, -0.15) is 4.98 Å². The first-order valence-corrected chi connectivity index (χ1v) is 15.6. The van der Waals surface area contributed by atoms with E-state index in [4.69, 9.17) is 14.7 Å². The van der Waals surface area contributed by atoms with E-state index in [1.165, 1.54) is 0 Å². The minimum absolute atomic E-state index is 0.0102. The average Bonchev–Trinajstić information content (AvgIpc) is 3.43. The molecule has 2 aromatic carbocycles. The Bertz CT molecular complexity index is 1590. The maximum absolute atomic E-state index is 13.6. The number of hydrogen-bond donors (Lipinski definition) is 3. The van der Waals surface area contributed by atoms with Gasteiger partial charge in [-0.05, 0) is 64.2 Å². The standard InChI is InChI=1S/C34H44N8O3/c1-34(2,3)45-33(44)39-29(19-26-21-42(22-35-26)20-23-11-7-6-8-12-23)31(43)36-24-15-17-25(18-16-24)37-32-38-28-14-10-9-13-27(28)30(40-32)41(4)5/h6-14,21-22,24-25,29H,15-20H2,1-5H3,(H,36,43)(H,39,44)(H,37,38,40)/t24-,25+,29-/m0/s1. The van der Waals surface area contributed by atoms with Gasteiger partial charge in [0.05, 0.1) is 17.5 Å². The summed E-state index contributed by atoms with van der Waals surface area (Å²) in [7, 11) is 3.96. The fourth-order valence-electron chi connectivity index (χ4n) is 5.59. The Morgan fingerprint density at radius 2 is 1.67 bits per heavy atom. The number of imidazole rings is 1. The van der Waals surface area contributed by atoms with Crippen molar-refractivity contribution in [2.75, 3.05) is 24.3 Å². The molecule has 1 saturated carbocycles. The second kappa shape index (κ2) is 14.0. The van der Waals surface area contributed by atoms with Crippen LogP contribution in [-0.4, -0.2) is 69.3 Å². The van der Waals surface area contributed by atoms with Gasteiger partial charge >= 0.3 is 6.09 Å². The number of benzene rings is 2. The van der Waals surface area contributed by atoms with Crippen LogP contribution in [0.2, 0.25) is 0 Å². The van der Waals surface area contributed by atoms with Crippen LogP contribution in [0, 0.1) is 0 Å². The van der Waals surface area contributed by atoms with Crippen molar-refractivity contribution in [2.24, 2.45) is 0 Å². The lowest BCUT2D eigenvalue weighted by Gasteiger charge is -2.31. The Morgan fingerprint density at radius 1 is 0.978 bits per heavy atom. The van der Waals surface area contributed by atoms with Gasteiger partial charge in [-0.1, -0.05) is 42.5 Å². The summed E-state index contributed by atoms with van der Waals surface area (Å²) in [5.41, 5.74) is 2.07. The van der Waals surface area contributed by atoms with Gasteiger partial charge in [-0.25, -0.2) is 14.8 Å². The van der Waals surface area contributed by atoms with E-state index in [0.717, 1.165) is 48.0 Å². The molecule has 0 bridgehead atoms. The molecule has 2 aromatic heterocycles. The first kappa shape index (κ1) is 31.7. The molecule has 1 aliphatic carbocycles. The zero-order valence-corrected chi connectivity index (χ0v) is 26.8. The van der Waals surface area contributed by atoms with Crippen molar-refractivity contribution in [3.63, 3.8) is 0 Å². The quantitative estimate of drug-likeness (QED) is 0.231. The summed E-state index contributed by atoms with van der Waals surface area (Å²) in [5.74, 6) is 1.24. The topological polar surface area (TPSA) is 126 Å². The maximum atomic E-state index is 13.6. The summed E-state index contributed by atoms with van der Waals surface area (Å²) in [6.07, 6.45) is 6.57. The van der Waals surface area contributed by atoms with Crippen LogP contribution in [0.1, 0.15) is 57.7 Å². The Morgan fingerprint density at radius 3 is 2.38 bits per heavy atom. The molecule has 4 aromatic rings. The first-order valence-electron chi connectivity index (χ1n) is 15.6. The van der Waals surface area contributed by atoms with Crippen molar-refractivity contribution in [2.45, 2.75) is 83.1 Å². The molecule has 1 atom stereocenters. The molecule has 238 valence electrons. The highest BCUT2D eigenvalue weighted by molar-refractivity contribution is 5.90. The Kier molecular flexibility index (Phi) is 9.85. The fraction of sp³-hybridized carbons (Fsp3) is 0.441. The Balaban J connectivity index is 1.20. The fourth-order valence-corrected chi connectivity index (χ4v) is 5.59. The van der Waals surface area contributed by atoms with E-state index in [9.17, 15) is 9.59 Å². The van der Waals surface area contributed by atoms with Gasteiger partial charge < -0.3 is 30.2 Å². The van der Waals surface area contributed by atoms with Crippen molar-refractivity contribution < 1.29 is 14.3 Å². The SMILES string of the molecule is CN(C)c1nc(N[C@H]2CC[C@@H](NC(=O)[C@H](Cc3cn(Cc4ccccc4)cn3)NC(=O)OC(C)(C)C)CC2)nc2ccccc12. The van der Waals surface area contributed by atoms with Crippen LogP contribution in [0.5, 0.6) is 0 Å². The number of nitrogens with zero attached hydrogens (tertiary/aromatic N) is 5. The van der Waals surface area contributed by atoms with Crippen molar-refractivity contribution >= 4 is 34.7 Å². The molecule has 0 radical (unpaired) electrons. The van der Waals surface area contributed by atoms with E-state index in [0.29, 0.717) is 18.2 Å². The number of fused-ring (bicyclic) bond motifs is 1. The predicted octanol–water partition coefficient (Wildman–Crippen LogP) is 4.92. The lowest BCUT2D eigenvalue weighted by Crippen LogP contribution is -2.52. The summed E-state index contributed by atoms with van der Waals surface area (Å²) >= 11 is 0. The van der Waals surface area contributed by atoms with Crippen LogP contribution in [0.4, 0.5) is 16.6 Å². The number of amides is 2. The van der Waals surface area contributed by atoms with Gasteiger partial charge in [0.15, 0.2) is 0 Å². The lowest BCUT2D eigenvalue weighted by molar-refractivity contribution is -0.124. The van der Waals surface area contributed by atoms with Crippen LogP contribution in [0.15, 0.2) is 67.1 Å². The van der Waals surface area contributed by atoms with Crippen molar-refractivity contribution in [3.05, 3.63) is 78.4 Å². The number of carbonyl (C=O) groups is 2. The van der Waals surface area contributed by atoms with E-state index in [2.05, 4.69) is 33.1 Å². The Hall–Kier alpha value is -4.67. The molecule has 0 spiro atoms. The van der Waals surface area contributed by atoms with Crippen LogP contribution in [-0.2, 0) is 22.5 Å².